The molecular weight excluding hydrogens is 338 g/mol. The second-order valence-electron chi connectivity index (χ2n) is 6.02. The second kappa shape index (κ2) is 8.32. The summed E-state index contributed by atoms with van der Waals surface area (Å²) in [5.41, 5.74) is 1.77. The lowest BCUT2D eigenvalue weighted by molar-refractivity contribution is 0.0526. The molecule has 0 bridgehead atoms. The van der Waals surface area contributed by atoms with Crippen LogP contribution >= 0.6 is 11.6 Å². The highest BCUT2D eigenvalue weighted by atomic mass is 35.5. The number of rotatable bonds is 5. The molecule has 2 aromatic rings. The van der Waals surface area contributed by atoms with Gasteiger partial charge in [0, 0.05) is 43.9 Å². The molecule has 0 spiro atoms. The van der Waals surface area contributed by atoms with E-state index in [4.69, 9.17) is 16.3 Å². The second-order valence-corrected chi connectivity index (χ2v) is 6.45. The van der Waals surface area contributed by atoms with E-state index in [1.807, 2.05) is 18.2 Å². The van der Waals surface area contributed by atoms with Crippen LogP contribution in [0, 0.1) is 0 Å². The van der Waals surface area contributed by atoms with Crippen molar-refractivity contribution in [1.29, 1.82) is 0 Å². The number of nitrogens with zero attached hydrogens (tertiary/aromatic N) is 3. The van der Waals surface area contributed by atoms with Gasteiger partial charge >= 0.3 is 5.97 Å². The lowest BCUT2D eigenvalue weighted by atomic mass is 10.2. The van der Waals surface area contributed by atoms with Crippen molar-refractivity contribution in [3.63, 3.8) is 0 Å². The molecule has 0 radical (unpaired) electrons. The van der Waals surface area contributed by atoms with E-state index >= 15 is 0 Å². The Hall–Kier alpha value is -2.11. The van der Waals surface area contributed by atoms with E-state index in [2.05, 4.69) is 26.9 Å². The molecule has 0 aliphatic carbocycles. The van der Waals surface area contributed by atoms with Crippen LogP contribution < -0.4 is 4.90 Å². The quantitative estimate of drug-likeness (QED) is 0.767. The Bertz CT molecular complexity index is 696. The molecule has 0 saturated carbocycles. The van der Waals surface area contributed by atoms with Gasteiger partial charge in [0.25, 0.3) is 0 Å². The number of halogens is 1. The fourth-order valence-electron chi connectivity index (χ4n) is 2.89. The average Bonchev–Trinajstić information content (AvgIpc) is 2.65. The van der Waals surface area contributed by atoms with Crippen molar-refractivity contribution >= 4 is 23.4 Å². The molecule has 0 amide bonds. The number of piperazine rings is 1. The maximum absolute atomic E-state index is 11.7. The van der Waals surface area contributed by atoms with Gasteiger partial charge in [0.05, 0.1) is 12.2 Å². The normalized spacial score (nSPS) is 15.2. The van der Waals surface area contributed by atoms with E-state index < -0.39 is 0 Å². The van der Waals surface area contributed by atoms with Gasteiger partial charge in [-0.05, 0) is 36.8 Å². The summed E-state index contributed by atoms with van der Waals surface area (Å²) in [5.74, 6) is 0.577. The van der Waals surface area contributed by atoms with Crippen LogP contribution in [0.15, 0.2) is 42.6 Å². The summed E-state index contributed by atoms with van der Waals surface area (Å²) >= 11 is 5.93. The third-order valence-electron chi connectivity index (χ3n) is 4.27. The van der Waals surface area contributed by atoms with Crippen LogP contribution in [0.2, 0.25) is 5.02 Å². The van der Waals surface area contributed by atoms with Crippen LogP contribution in [-0.2, 0) is 11.3 Å². The minimum atomic E-state index is -0.325. The minimum Gasteiger partial charge on any atom is -0.462 e. The zero-order valence-corrected chi connectivity index (χ0v) is 15.1. The minimum absolute atomic E-state index is 0.325. The summed E-state index contributed by atoms with van der Waals surface area (Å²) in [5, 5.41) is 0.769. The molecule has 3 rings (SSSR count). The molecule has 2 heterocycles. The molecule has 0 atom stereocenters. The van der Waals surface area contributed by atoms with Crippen molar-refractivity contribution in [3.05, 3.63) is 58.7 Å². The number of benzene rings is 1. The van der Waals surface area contributed by atoms with Gasteiger partial charge in [-0.3, -0.25) is 4.90 Å². The first-order valence-electron chi connectivity index (χ1n) is 8.50. The highest BCUT2D eigenvalue weighted by Crippen LogP contribution is 2.17. The fraction of sp³-hybridized carbons (Fsp3) is 0.368. The number of carbonyl (C=O) groups is 1. The summed E-state index contributed by atoms with van der Waals surface area (Å²) in [6.45, 7) is 6.88. The topological polar surface area (TPSA) is 45.7 Å². The number of ether oxygens (including phenoxy) is 1. The van der Waals surface area contributed by atoms with Crippen LogP contribution in [-0.4, -0.2) is 48.6 Å². The third-order valence-corrected chi connectivity index (χ3v) is 4.53. The van der Waals surface area contributed by atoms with Crippen molar-refractivity contribution in [2.45, 2.75) is 13.5 Å². The Morgan fingerprint density at radius 1 is 1.12 bits per heavy atom. The molecular formula is C19H22ClN3O2. The summed E-state index contributed by atoms with van der Waals surface area (Å²) in [7, 11) is 0. The van der Waals surface area contributed by atoms with E-state index in [1.54, 1.807) is 19.2 Å². The number of hydrogen-bond donors (Lipinski definition) is 0. The highest BCUT2D eigenvalue weighted by molar-refractivity contribution is 6.30. The van der Waals surface area contributed by atoms with Crippen LogP contribution in [0.1, 0.15) is 22.8 Å². The summed E-state index contributed by atoms with van der Waals surface area (Å²) < 4.78 is 4.98. The Morgan fingerprint density at radius 3 is 2.44 bits per heavy atom. The zero-order chi connectivity index (χ0) is 17.6. The average molecular weight is 360 g/mol. The van der Waals surface area contributed by atoms with Crippen LogP contribution in [0.5, 0.6) is 0 Å². The van der Waals surface area contributed by atoms with Crippen molar-refractivity contribution in [1.82, 2.24) is 9.88 Å². The molecule has 0 N–H and O–H groups in total. The maximum Gasteiger partial charge on any atom is 0.339 e. The first-order chi connectivity index (χ1) is 12.2. The predicted octanol–water partition coefficient (Wildman–Crippen LogP) is 3.23. The Labute approximate surface area is 153 Å². The maximum atomic E-state index is 11.7. The van der Waals surface area contributed by atoms with Crippen molar-refractivity contribution < 1.29 is 9.53 Å². The third kappa shape index (κ3) is 4.71. The number of pyridine rings is 1. The molecule has 132 valence electrons. The summed E-state index contributed by atoms with van der Waals surface area (Å²) in [6, 6.07) is 11.7. The van der Waals surface area contributed by atoms with Crippen LogP contribution in [0.25, 0.3) is 0 Å². The predicted molar refractivity (Wildman–Crippen MR) is 99.1 cm³/mol. The van der Waals surface area contributed by atoms with E-state index in [0.717, 1.165) is 43.6 Å². The largest absolute Gasteiger partial charge is 0.462 e. The number of carbonyl (C=O) groups excluding carboxylic acids is 1. The fourth-order valence-corrected chi connectivity index (χ4v) is 3.02. The molecule has 1 aliphatic rings. The highest BCUT2D eigenvalue weighted by Gasteiger charge is 2.18. The SMILES string of the molecule is CCOC(=O)c1ccc(N2CCN(Cc3ccc(Cl)cc3)CC2)nc1. The lowest BCUT2D eigenvalue weighted by Crippen LogP contribution is -2.46. The van der Waals surface area contributed by atoms with Gasteiger partial charge in [-0.1, -0.05) is 23.7 Å². The van der Waals surface area contributed by atoms with Crippen molar-refractivity contribution in [2.75, 3.05) is 37.7 Å². The van der Waals surface area contributed by atoms with Gasteiger partial charge < -0.3 is 9.64 Å². The Kier molecular flexibility index (Phi) is 5.89. The zero-order valence-electron chi connectivity index (χ0n) is 14.3. The number of anilines is 1. The van der Waals surface area contributed by atoms with Gasteiger partial charge in [0.1, 0.15) is 5.82 Å². The standard InChI is InChI=1S/C19H22ClN3O2/c1-2-25-19(24)16-5-8-18(21-13-16)23-11-9-22(10-12-23)14-15-3-6-17(20)7-4-15/h3-8,13H,2,9-12,14H2,1H3. The molecule has 5 nitrogen and oxygen atoms in total. The van der Waals surface area contributed by atoms with Gasteiger partial charge in [0.15, 0.2) is 0 Å². The van der Waals surface area contributed by atoms with Gasteiger partial charge in [-0.15, -0.1) is 0 Å². The van der Waals surface area contributed by atoms with E-state index in [9.17, 15) is 4.79 Å². The monoisotopic (exact) mass is 359 g/mol. The van der Waals surface area contributed by atoms with Crippen LogP contribution in [0.4, 0.5) is 5.82 Å². The summed E-state index contributed by atoms with van der Waals surface area (Å²) in [4.78, 5) is 20.8. The first kappa shape index (κ1) is 17.7. The molecule has 1 aromatic heterocycles. The molecule has 0 unspecified atom stereocenters. The molecule has 1 aliphatic heterocycles. The number of esters is 1. The van der Waals surface area contributed by atoms with Crippen molar-refractivity contribution in [2.24, 2.45) is 0 Å². The first-order valence-corrected chi connectivity index (χ1v) is 8.88. The Morgan fingerprint density at radius 2 is 1.84 bits per heavy atom. The number of hydrogen-bond acceptors (Lipinski definition) is 5. The number of aromatic nitrogens is 1. The van der Waals surface area contributed by atoms with Gasteiger partial charge in [0.2, 0.25) is 0 Å². The molecule has 6 heteroatoms. The molecule has 1 aromatic carbocycles. The molecule has 1 saturated heterocycles. The van der Waals surface area contributed by atoms with Crippen molar-refractivity contribution in [3.8, 4) is 0 Å². The van der Waals surface area contributed by atoms with Crippen LogP contribution in [0.3, 0.4) is 0 Å². The van der Waals surface area contributed by atoms with Gasteiger partial charge in [-0.25, -0.2) is 9.78 Å². The molecule has 25 heavy (non-hydrogen) atoms. The van der Waals surface area contributed by atoms with E-state index in [1.165, 1.54) is 5.56 Å². The van der Waals surface area contributed by atoms with E-state index in [0.29, 0.717) is 12.2 Å². The summed E-state index contributed by atoms with van der Waals surface area (Å²) in [6.07, 6.45) is 1.59. The lowest BCUT2D eigenvalue weighted by Gasteiger charge is -2.35. The van der Waals surface area contributed by atoms with Gasteiger partial charge in [-0.2, -0.15) is 0 Å². The van der Waals surface area contributed by atoms with E-state index in [-0.39, 0.29) is 5.97 Å². The smallest absolute Gasteiger partial charge is 0.339 e. The Balaban J connectivity index is 1.53. The molecule has 1 fully saturated rings.